The Hall–Kier alpha value is -1.85. The summed E-state index contributed by atoms with van der Waals surface area (Å²) in [6, 6.07) is 6.46. The van der Waals surface area contributed by atoms with E-state index in [-0.39, 0.29) is 0 Å². The van der Waals surface area contributed by atoms with Crippen molar-refractivity contribution in [3.63, 3.8) is 0 Å². The van der Waals surface area contributed by atoms with Gasteiger partial charge in [-0.2, -0.15) is 0 Å². The molecule has 0 fully saturated rings. The van der Waals surface area contributed by atoms with Gasteiger partial charge in [0.1, 0.15) is 12.1 Å². The minimum atomic E-state index is 0.338. The molecule has 0 amide bonds. The van der Waals surface area contributed by atoms with Crippen molar-refractivity contribution in [2.75, 3.05) is 5.32 Å². The van der Waals surface area contributed by atoms with Crippen LogP contribution in [0.5, 0.6) is 0 Å². The first-order valence-electron chi connectivity index (χ1n) is 6.78. The van der Waals surface area contributed by atoms with Gasteiger partial charge in [0.15, 0.2) is 0 Å². The molecule has 0 radical (unpaired) electrons. The molecule has 3 aromatic heterocycles. The second-order valence-electron chi connectivity index (χ2n) is 5.04. The Kier molecular flexibility index (Phi) is 3.16. The highest BCUT2D eigenvalue weighted by atomic mass is 35.5. The first kappa shape index (κ1) is 12.9. The van der Waals surface area contributed by atoms with Crippen LogP contribution < -0.4 is 5.32 Å². The van der Waals surface area contributed by atoms with Crippen molar-refractivity contribution >= 4 is 28.6 Å². The van der Waals surface area contributed by atoms with Gasteiger partial charge in [-0.25, -0.2) is 9.97 Å². The van der Waals surface area contributed by atoms with Crippen LogP contribution in [0.2, 0.25) is 4.34 Å². The van der Waals surface area contributed by atoms with Crippen molar-refractivity contribution in [2.24, 2.45) is 0 Å². The summed E-state index contributed by atoms with van der Waals surface area (Å²) < 4.78 is 2.76. The molecule has 0 spiro atoms. The Bertz CT molecular complexity index is 749. The van der Waals surface area contributed by atoms with E-state index in [0.717, 1.165) is 28.7 Å². The Balaban J connectivity index is 1.53. The molecular formula is C15H13ClN4S. The predicted octanol–water partition coefficient (Wildman–Crippen LogP) is 4.08. The number of pyridine rings is 1. The zero-order valence-corrected chi connectivity index (χ0v) is 12.7. The smallest absolute Gasteiger partial charge is 0.137 e. The summed E-state index contributed by atoms with van der Waals surface area (Å²) in [5, 5.41) is 3.54. The number of aryl methyl sites for hydroxylation is 1. The topological polar surface area (TPSA) is 42.7 Å². The SMILES string of the molecule is Clc1cc2c(s1)CCC2Nc1ccc(-n2ccnc2)nc1. The standard InChI is InChI=1S/C15H13ClN4S/c16-14-7-11-12(2-3-13(11)21-14)19-10-1-4-15(18-8-10)20-6-5-17-9-20/h1,4-9,12,19H,2-3H2. The van der Waals surface area contributed by atoms with E-state index in [4.69, 9.17) is 11.6 Å². The third-order valence-corrected chi connectivity index (χ3v) is 5.04. The zero-order valence-electron chi connectivity index (χ0n) is 11.2. The molecular weight excluding hydrogens is 304 g/mol. The van der Waals surface area contributed by atoms with Gasteiger partial charge in [0.05, 0.1) is 22.3 Å². The lowest BCUT2D eigenvalue weighted by molar-refractivity contribution is 0.761. The largest absolute Gasteiger partial charge is 0.377 e. The highest BCUT2D eigenvalue weighted by Crippen LogP contribution is 2.40. The van der Waals surface area contributed by atoms with Gasteiger partial charge in [-0.3, -0.25) is 4.57 Å². The Labute approximate surface area is 131 Å². The van der Waals surface area contributed by atoms with Crippen LogP contribution in [0.25, 0.3) is 5.82 Å². The maximum Gasteiger partial charge on any atom is 0.137 e. The molecule has 21 heavy (non-hydrogen) atoms. The van der Waals surface area contributed by atoms with Crippen LogP contribution in [0.15, 0.2) is 43.1 Å². The molecule has 1 unspecified atom stereocenters. The molecule has 4 nitrogen and oxygen atoms in total. The van der Waals surface area contributed by atoms with Crippen LogP contribution in [0.4, 0.5) is 5.69 Å². The molecule has 1 atom stereocenters. The van der Waals surface area contributed by atoms with Crippen LogP contribution >= 0.6 is 22.9 Å². The van der Waals surface area contributed by atoms with Crippen LogP contribution in [-0.2, 0) is 6.42 Å². The number of nitrogens with one attached hydrogen (secondary N) is 1. The van der Waals surface area contributed by atoms with Gasteiger partial charge in [-0.05, 0) is 36.6 Å². The lowest BCUT2D eigenvalue weighted by Crippen LogP contribution is -2.07. The van der Waals surface area contributed by atoms with Gasteiger partial charge >= 0.3 is 0 Å². The molecule has 0 saturated heterocycles. The van der Waals surface area contributed by atoms with E-state index >= 15 is 0 Å². The summed E-state index contributed by atoms with van der Waals surface area (Å²) in [6.07, 6.45) is 9.44. The summed E-state index contributed by atoms with van der Waals surface area (Å²) in [5.74, 6) is 0.865. The van der Waals surface area contributed by atoms with Gasteiger partial charge in [0.2, 0.25) is 0 Å². The lowest BCUT2D eigenvalue weighted by Gasteiger charge is -2.14. The Morgan fingerprint density at radius 2 is 2.33 bits per heavy atom. The molecule has 0 bridgehead atoms. The first-order valence-corrected chi connectivity index (χ1v) is 7.98. The van der Waals surface area contributed by atoms with E-state index in [1.165, 1.54) is 10.4 Å². The third kappa shape index (κ3) is 2.43. The molecule has 0 aliphatic heterocycles. The zero-order chi connectivity index (χ0) is 14.2. The predicted molar refractivity (Wildman–Crippen MR) is 85.4 cm³/mol. The fraction of sp³-hybridized carbons (Fsp3) is 0.200. The van der Waals surface area contributed by atoms with Crippen molar-refractivity contribution in [1.29, 1.82) is 0 Å². The van der Waals surface area contributed by atoms with Crippen molar-refractivity contribution in [2.45, 2.75) is 18.9 Å². The quantitative estimate of drug-likeness (QED) is 0.791. The van der Waals surface area contributed by atoms with E-state index in [1.807, 2.05) is 29.1 Å². The summed E-state index contributed by atoms with van der Waals surface area (Å²) in [6.45, 7) is 0. The van der Waals surface area contributed by atoms with Crippen LogP contribution in [-0.4, -0.2) is 14.5 Å². The van der Waals surface area contributed by atoms with Crippen molar-refractivity contribution in [1.82, 2.24) is 14.5 Å². The van der Waals surface area contributed by atoms with Gasteiger partial charge in [-0.1, -0.05) is 11.6 Å². The number of halogens is 1. The lowest BCUT2D eigenvalue weighted by atomic mass is 10.1. The molecule has 3 heterocycles. The number of fused-ring (bicyclic) bond motifs is 1. The molecule has 1 N–H and O–H groups in total. The summed E-state index contributed by atoms with van der Waals surface area (Å²) in [5.41, 5.74) is 2.36. The number of hydrogen-bond acceptors (Lipinski definition) is 4. The van der Waals surface area contributed by atoms with Crippen LogP contribution in [0, 0.1) is 0 Å². The number of anilines is 1. The van der Waals surface area contributed by atoms with Gasteiger partial charge in [0, 0.05) is 17.3 Å². The minimum Gasteiger partial charge on any atom is -0.377 e. The number of rotatable bonds is 3. The minimum absolute atomic E-state index is 0.338. The molecule has 0 aromatic carbocycles. The maximum atomic E-state index is 6.09. The number of imidazole rings is 1. The second kappa shape index (κ2) is 5.16. The summed E-state index contributed by atoms with van der Waals surface area (Å²) >= 11 is 7.79. The average molecular weight is 317 g/mol. The molecule has 0 saturated carbocycles. The van der Waals surface area contributed by atoms with E-state index in [9.17, 15) is 0 Å². The van der Waals surface area contributed by atoms with E-state index in [2.05, 4.69) is 21.4 Å². The average Bonchev–Trinajstić information content (AvgIpc) is 3.19. The van der Waals surface area contributed by atoms with Gasteiger partial charge < -0.3 is 5.32 Å². The van der Waals surface area contributed by atoms with Crippen molar-refractivity contribution in [3.05, 3.63) is 57.9 Å². The van der Waals surface area contributed by atoms with E-state index < -0.39 is 0 Å². The van der Waals surface area contributed by atoms with Crippen LogP contribution in [0.1, 0.15) is 22.9 Å². The maximum absolute atomic E-state index is 6.09. The molecule has 106 valence electrons. The Morgan fingerprint density at radius 3 is 3.10 bits per heavy atom. The molecule has 3 aromatic rings. The first-order chi connectivity index (χ1) is 10.3. The van der Waals surface area contributed by atoms with Crippen molar-refractivity contribution in [3.8, 4) is 5.82 Å². The molecule has 1 aliphatic rings. The summed E-state index contributed by atoms with van der Waals surface area (Å²) in [7, 11) is 0. The van der Waals surface area contributed by atoms with Crippen LogP contribution in [0.3, 0.4) is 0 Å². The second-order valence-corrected chi connectivity index (χ2v) is 6.81. The highest BCUT2D eigenvalue weighted by Gasteiger charge is 2.24. The number of hydrogen-bond donors (Lipinski definition) is 1. The fourth-order valence-electron chi connectivity index (χ4n) is 2.70. The summed E-state index contributed by atoms with van der Waals surface area (Å²) in [4.78, 5) is 9.89. The van der Waals surface area contributed by atoms with E-state index in [1.54, 1.807) is 23.9 Å². The number of nitrogens with zero attached hydrogens (tertiary/aromatic N) is 3. The Morgan fingerprint density at radius 1 is 1.38 bits per heavy atom. The number of aromatic nitrogens is 3. The highest BCUT2D eigenvalue weighted by molar-refractivity contribution is 7.16. The number of thiophene rings is 1. The molecule has 1 aliphatic carbocycles. The normalized spacial score (nSPS) is 16.9. The van der Waals surface area contributed by atoms with Gasteiger partial charge in [-0.15, -0.1) is 11.3 Å². The van der Waals surface area contributed by atoms with Crippen molar-refractivity contribution < 1.29 is 0 Å². The monoisotopic (exact) mass is 316 g/mol. The fourth-order valence-corrected chi connectivity index (χ4v) is 4.06. The molecule has 4 rings (SSSR count). The van der Waals surface area contributed by atoms with Gasteiger partial charge in [0.25, 0.3) is 0 Å². The molecule has 6 heteroatoms. The van der Waals surface area contributed by atoms with E-state index in [0.29, 0.717) is 6.04 Å². The third-order valence-electron chi connectivity index (χ3n) is 3.70.